The first kappa shape index (κ1) is 14.3. The van der Waals surface area contributed by atoms with Crippen LogP contribution in [0.5, 0.6) is 11.5 Å². The van der Waals surface area contributed by atoms with Gasteiger partial charge >= 0.3 is 18.2 Å². The summed E-state index contributed by atoms with van der Waals surface area (Å²) in [5.74, 6) is -3.51. The molecular formula is C12H12F3NO4. The van der Waals surface area contributed by atoms with E-state index < -0.39 is 24.3 Å². The number of halogens is 3. The van der Waals surface area contributed by atoms with Gasteiger partial charge in [-0.2, -0.15) is 13.2 Å². The number of hydrogen-bond donors (Lipinski definition) is 1. The second-order valence-electron chi connectivity index (χ2n) is 4.34. The van der Waals surface area contributed by atoms with E-state index in [0.717, 1.165) is 0 Å². The van der Waals surface area contributed by atoms with Gasteiger partial charge in [-0.1, -0.05) is 12.1 Å². The number of carbonyl (C=O) groups is 1. The zero-order chi connectivity index (χ0) is 15.0. The Morgan fingerprint density at radius 1 is 1.25 bits per heavy atom. The average molecular weight is 291 g/mol. The Kier molecular flexibility index (Phi) is 3.41. The quantitative estimate of drug-likeness (QED) is 0.910. The normalized spacial score (nSPS) is 16.1. The van der Waals surface area contributed by atoms with E-state index >= 15 is 0 Å². The van der Waals surface area contributed by atoms with Crippen molar-refractivity contribution in [1.82, 2.24) is 5.32 Å². The van der Waals surface area contributed by atoms with Gasteiger partial charge in [-0.25, -0.2) is 10.1 Å². The molecule has 1 aliphatic heterocycles. The Morgan fingerprint density at radius 2 is 1.75 bits per heavy atom. The molecule has 0 saturated carbocycles. The number of rotatable bonds is 2. The number of fused-ring (bicyclic) bond motifs is 1. The fraction of sp³-hybridized carbons (Fsp3) is 0.417. The summed E-state index contributed by atoms with van der Waals surface area (Å²) in [5.41, 5.74) is 0. The number of para-hydroxylation sites is 2. The van der Waals surface area contributed by atoms with E-state index in [2.05, 4.69) is 4.74 Å². The van der Waals surface area contributed by atoms with Gasteiger partial charge < -0.3 is 14.2 Å². The van der Waals surface area contributed by atoms with Crippen LogP contribution < -0.4 is 14.8 Å². The van der Waals surface area contributed by atoms with Crippen LogP contribution in [0.3, 0.4) is 0 Å². The van der Waals surface area contributed by atoms with Crippen LogP contribution in [0, 0.1) is 0 Å². The standard InChI is InChI=1S/C12H12F3NO4/c1-7(2)18-10(17)16-12(11(13,14)15)19-8-5-3-4-6-9(8)20-12/h3-7H,1-2H3,(H,16,17). The number of carbonyl (C=O) groups excluding carboxylic acids is 1. The molecule has 0 aliphatic carbocycles. The minimum atomic E-state index is -4.98. The van der Waals surface area contributed by atoms with Gasteiger partial charge in [0, 0.05) is 0 Å². The number of hydrogen-bond acceptors (Lipinski definition) is 4. The first-order valence-electron chi connectivity index (χ1n) is 5.76. The Balaban J connectivity index is 2.25. The molecule has 0 unspecified atom stereocenters. The molecule has 8 heteroatoms. The molecule has 20 heavy (non-hydrogen) atoms. The lowest BCUT2D eigenvalue weighted by Crippen LogP contribution is -2.65. The molecule has 0 bridgehead atoms. The van der Waals surface area contributed by atoms with Gasteiger partial charge in [-0.3, -0.25) is 0 Å². The number of nitrogens with one attached hydrogen (secondary N) is 1. The molecule has 0 aromatic heterocycles. The summed E-state index contributed by atoms with van der Waals surface area (Å²) >= 11 is 0. The summed E-state index contributed by atoms with van der Waals surface area (Å²) in [4.78, 5) is 11.4. The van der Waals surface area contributed by atoms with E-state index in [0.29, 0.717) is 0 Å². The molecule has 0 fully saturated rings. The zero-order valence-electron chi connectivity index (χ0n) is 10.7. The van der Waals surface area contributed by atoms with E-state index in [9.17, 15) is 18.0 Å². The van der Waals surface area contributed by atoms with Crippen LogP contribution in [-0.4, -0.2) is 24.3 Å². The lowest BCUT2D eigenvalue weighted by atomic mass is 10.3. The van der Waals surface area contributed by atoms with E-state index in [1.54, 1.807) is 5.32 Å². The van der Waals surface area contributed by atoms with Gasteiger partial charge in [-0.15, -0.1) is 0 Å². The SMILES string of the molecule is CC(C)OC(=O)NC1(C(F)(F)F)Oc2ccccc2O1. The molecule has 0 spiro atoms. The summed E-state index contributed by atoms with van der Waals surface area (Å²) in [6.07, 6.45) is -6.85. The van der Waals surface area contributed by atoms with Gasteiger partial charge in [0.25, 0.3) is 0 Å². The minimum absolute atomic E-state index is 0.116. The van der Waals surface area contributed by atoms with Crippen LogP contribution in [0.1, 0.15) is 13.8 Å². The number of amides is 1. The topological polar surface area (TPSA) is 56.8 Å². The fourth-order valence-electron chi connectivity index (χ4n) is 1.56. The number of ether oxygens (including phenoxy) is 3. The summed E-state index contributed by atoms with van der Waals surface area (Å²) in [5, 5.41) is 1.58. The van der Waals surface area contributed by atoms with Crippen molar-refractivity contribution in [3.63, 3.8) is 0 Å². The Morgan fingerprint density at radius 3 is 2.15 bits per heavy atom. The molecule has 1 aromatic carbocycles. The van der Waals surface area contributed by atoms with Gasteiger partial charge in [0.05, 0.1) is 6.10 Å². The van der Waals surface area contributed by atoms with Crippen LogP contribution in [0.2, 0.25) is 0 Å². The molecule has 1 heterocycles. The van der Waals surface area contributed by atoms with Crippen molar-refractivity contribution in [2.45, 2.75) is 32.0 Å². The van der Waals surface area contributed by atoms with Gasteiger partial charge in [0.2, 0.25) is 0 Å². The van der Waals surface area contributed by atoms with Gasteiger partial charge in [0.15, 0.2) is 11.5 Å². The Hall–Kier alpha value is -2.12. The van der Waals surface area contributed by atoms with Crippen LogP contribution in [0.4, 0.5) is 18.0 Å². The van der Waals surface area contributed by atoms with Gasteiger partial charge in [0.1, 0.15) is 0 Å². The summed E-state index contributed by atoms with van der Waals surface area (Å²) < 4.78 is 53.6. The largest absolute Gasteiger partial charge is 0.492 e. The van der Waals surface area contributed by atoms with Crippen molar-refractivity contribution in [3.05, 3.63) is 24.3 Å². The predicted molar refractivity (Wildman–Crippen MR) is 61.2 cm³/mol. The highest BCUT2D eigenvalue weighted by Gasteiger charge is 2.66. The lowest BCUT2D eigenvalue weighted by Gasteiger charge is -2.29. The fourth-order valence-corrected chi connectivity index (χ4v) is 1.56. The first-order chi connectivity index (χ1) is 9.23. The van der Waals surface area contributed by atoms with Crippen molar-refractivity contribution in [2.75, 3.05) is 0 Å². The zero-order valence-corrected chi connectivity index (χ0v) is 10.7. The van der Waals surface area contributed by atoms with E-state index in [1.165, 1.54) is 38.1 Å². The van der Waals surface area contributed by atoms with Crippen LogP contribution in [0.25, 0.3) is 0 Å². The molecular weight excluding hydrogens is 279 g/mol. The maximum Gasteiger partial charge on any atom is 0.492 e. The number of alkyl carbamates (subject to hydrolysis) is 1. The van der Waals surface area contributed by atoms with E-state index in [-0.39, 0.29) is 11.5 Å². The predicted octanol–water partition coefficient (Wildman–Crippen LogP) is 2.81. The third-order valence-corrected chi connectivity index (χ3v) is 2.34. The molecule has 0 radical (unpaired) electrons. The molecule has 1 amide bonds. The number of alkyl halides is 3. The maximum absolute atomic E-state index is 13.2. The van der Waals surface area contributed by atoms with Crippen molar-refractivity contribution in [1.29, 1.82) is 0 Å². The second-order valence-corrected chi connectivity index (χ2v) is 4.34. The smallest absolute Gasteiger partial charge is 0.447 e. The highest BCUT2D eigenvalue weighted by atomic mass is 19.4. The second kappa shape index (κ2) is 4.77. The molecule has 2 rings (SSSR count). The summed E-state index contributed by atoms with van der Waals surface area (Å²) in [6.45, 7) is 3.01. The summed E-state index contributed by atoms with van der Waals surface area (Å²) in [7, 11) is 0. The molecule has 0 atom stereocenters. The van der Waals surface area contributed by atoms with Crippen molar-refractivity contribution < 1.29 is 32.2 Å². The molecule has 5 nitrogen and oxygen atoms in total. The average Bonchev–Trinajstić information content (AvgIpc) is 2.65. The first-order valence-corrected chi connectivity index (χ1v) is 5.76. The molecule has 0 saturated heterocycles. The maximum atomic E-state index is 13.2. The number of benzene rings is 1. The van der Waals surface area contributed by atoms with Crippen molar-refractivity contribution >= 4 is 6.09 Å². The van der Waals surface area contributed by atoms with Crippen molar-refractivity contribution in [2.24, 2.45) is 0 Å². The van der Waals surface area contributed by atoms with E-state index in [4.69, 9.17) is 9.47 Å². The van der Waals surface area contributed by atoms with Crippen molar-refractivity contribution in [3.8, 4) is 11.5 Å². The van der Waals surface area contributed by atoms with E-state index in [1.807, 2.05) is 0 Å². The molecule has 1 N–H and O–H groups in total. The Bertz CT molecular complexity index is 491. The van der Waals surface area contributed by atoms with Crippen LogP contribution in [0.15, 0.2) is 24.3 Å². The third kappa shape index (κ3) is 2.59. The highest BCUT2D eigenvalue weighted by Crippen LogP contribution is 2.44. The molecule has 1 aliphatic rings. The molecule has 110 valence electrons. The Labute approximate surface area is 112 Å². The third-order valence-electron chi connectivity index (χ3n) is 2.34. The monoisotopic (exact) mass is 291 g/mol. The minimum Gasteiger partial charge on any atom is -0.447 e. The van der Waals surface area contributed by atoms with Crippen LogP contribution in [-0.2, 0) is 4.74 Å². The summed E-state index contributed by atoms with van der Waals surface area (Å²) in [6, 6.07) is 5.58. The highest BCUT2D eigenvalue weighted by molar-refractivity contribution is 5.68. The van der Waals surface area contributed by atoms with Gasteiger partial charge in [-0.05, 0) is 26.0 Å². The molecule has 1 aromatic rings. The van der Waals surface area contributed by atoms with Crippen LogP contribution >= 0.6 is 0 Å². The lowest BCUT2D eigenvalue weighted by molar-refractivity contribution is -0.319.